The molecular weight excluding hydrogens is 324 g/mol. The van der Waals surface area contributed by atoms with Crippen molar-refractivity contribution in [3.8, 4) is 0 Å². The van der Waals surface area contributed by atoms with E-state index in [0.717, 1.165) is 25.5 Å². The molecule has 1 aromatic carbocycles. The van der Waals surface area contributed by atoms with Crippen molar-refractivity contribution in [1.29, 1.82) is 0 Å². The molecule has 5 nitrogen and oxygen atoms in total. The summed E-state index contributed by atoms with van der Waals surface area (Å²) in [7, 11) is 1.80. The highest BCUT2D eigenvalue weighted by molar-refractivity contribution is 5.86. The minimum absolute atomic E-state index is 0.0101. The van der Waals surface area contributed by atoms with E-state index in [2.05, 4.69) is 44.8 Å². The van der Waals surface area contributed by atoms with Gasteiger partial charge in [-0.2, -0.15) is 0 Å². The highest BCUT2D eigenvalue weighted by Crippen LogP contribution is 2.43. The molecule has 2 N–H and O–H groups in total. The summed E-state index contributed by atoms with van der Waals surface area (Å²) in [6, 6.07) is 9.10. The minimum atomic E-state index is 0.0101. The highest BCUT2D eigenvalue weighted by Gasteiger charge is 2.40. The largest absolute Gasteiger partial charge is 0.352 e. The van der Waals surface area contributed by atoms with Gasteiger partial charge in [0, 0.05) is 31.6 Å². The first-order valence-corrected chi connectivity index (χ1v) is 9.87. The highest BCUT2D eigenvalue weighted by atomic mass is 16.2. The molecule has 1 spiro atoms. The van der Waals surface area contributed by atoms with Gasteiger partial charge in [-0.1, -0.05) is 24.3 Å². The summed E-state index contributed by atoms with van der Waals surface area (Å²) in [5.41, 5.74) is 3.27. The number of aliphatic imine (C=N–C) groups is 1. The maximum absolute atomic E-state index is 12.0. The lowest BCUT2D eigenvalue weighted by Gasteiger charge is -2.47. The first kappa shape index (κ1) is 18.7. The zero-order valence-corrected chi connectivity index (χ0v) is 16.3. The predicted molar refractivity (Wildman–Crippen MR) is 107 cm³/mol. The minimum Gasteiger partial charge on any atom is -0.352 e. The molecule has 1 fully saturated rings. The van der Waals surface area contributed by atoms with Gasteiger partial charge in [0.1, 0.15) is 0 Å². The number of piperidine rings is 1. The number of amides is 1. The number of rotatable bonds is 3. The van der Waals surface area contributed by atoms with Gasteiger partial charge in [-0.25, -0.2) is 0 Å². The normalized spacial score (nSPS) is 23.1. The van der Waals surface area contributed by atoms with Gasteiger partial charge in [0.2, 0.25) is 5.91 Å². The van der Waals surface area contributed by atoms with Gasteiger partial charge in [-0.15, -0.1) is 0 Å². The molecule has 0 radical (unpaired) electrons. The summed E-state index contributed by atoms with van der Waals surface area (Å²) < 4.78 is 0. The zero-order valence-electron chi connectivity index (χ0n) is 16.3. The second kappa shape index (κ2) is 8.11. The van der Waals surface area contributed by atoms with Crippen LogP contribution in [-0.2, 0) is 16.6 Å². The van der Waals surface area contributed by atoms with Gasteiger partial charge < -0.3 is 15.5 Å². The van der Waals surface area contributed by atoms with Gasteiger partial charge in [0.05, 0.1) is 6.54 Å². The number of nitrogens with one attached hydrogen (secondary N) is 2. The van der Waals surface area contributed by atoms with Gasteiger partial charge in [0.15, 0.2) is 5.96 Å². The van der Waals surface area contributed by atoms with Crippen LogP contribution in [-0.4, -0.2) is 49.5 Å². The second-order valence-corrected chi connectivity index (χ2v) is 7.94. The zero-order chi connectivity index (χ0) is 18.6. The van der Waals surface area contributed by atoms with E-state index in [9.17, 15) is 4.79 Å². The lowest BCUT2D eigenvalue weighted by atomic mass is 9.66. The van der Waals surface area contributed by atoms with Crippen molar-refractivity contribution >= 4 is 11.9 Å². The van der Waals surface area contributed by atoms with Crippen molar-refractivity contribution in [3.63, 3.8) is 0 Å². The van der Waals surface area contributed by atoms with E-state index in [1.165, 1.54) is 36.8 Å². The predicted octanol–water partition coefficient (Wildman–Crippen LogP) is 2.46. The number of fused-ring (bicyclic) bond motifs is 2. The summed E-state index contributed by atoms with van der Waals surface area (Å²) in [6.07, 6.45) is 6.10. The first-order valence-electron chi connectivity index (χ1n) is 9.87. The van der Waals surface area contributed by atoms with Crippen LogP contribution in [0.25, 0.3) is 0 Å². The fourth-order valence-corrected chi connectivity index (χ4v) is 4.61. The lowest BCUT2D eigenvalue weighted by molar-refractivity contribution is -0.120. The number of guanidine groups is 1. The average molecular weight is 357 g/mol. The monoisotopic (exact) mass is 356 g/mol. The van der Waals surface area contributed by atoms with Crippen LogP contribution < -0.4 is 10.6 Å². The first-order chi connectivity index (χ1) is 12.5. The Hall–Kier alpha value is -2.04. The van der Waals surface area contributed by atoms with Crippen LogP contribution in [0.15, 0.2) is 29.3 Å². The molecule has 0 saturated carbocycles. The number of hydrogen-bond donors (Lipinski definition) is 2. The summed E-state index contributed by atoms with van der Waals surface area (Å²) >= 11 is 0. The topological polar surface area (TPSA) is 56.7 Å². The van der Waals surface area contributed by atoms with E-state index in [1.54, 1.807) is 7.05 Å². The van der Waals surface area contributed by atoms with Crippen molar-refractivity contribution in [1.82, 2.24) is 15.5 Å². The molecule has 1 saturated heterocycles. The Labute approximate surface area is 157 Å². The maximum Gasteiger partial charge on any atom is 0.239 e. The molecule has 2 aliphatic rings. The third-order valence-electron chi connectivity index (χ3n) is 5.64. The Morgan fingerprint density at radius 2 is 2.04 bits per heavy atom. The molecule has 0 aromatic heterocycles. The summed E-state index contributed by atoms with van der Waals surface area (Å²) in [6.45, 7) is 6.19. The molecule has 1 amide bonds. The maximum atomic E-state index is 12.0. The van der Waals surface area contributed by atoms with E-state index in [-0.39, 0.29) is 23.9 Å². The number of carbonyl (C=O) groups excluding carboxylic acids is 1. The van der Waals surface area contributed by atoms with Crippen LogP contribution in [0.4, 0.5) is 0 Å². The van der Waals surface area contributed by atoms with Crippen LogP contribution in [0.3, 0.4) is 0 Å². The molecule has 1 heterocycles. The Morgan fingerprint density at radius 3 is 2.81 bits per heavy atom. The molecule has 26 heavy (non-hydrogen) atoms. The average Bonchev–Trinajstić information content (AvgIpc) is 2.62. The summed E-state index contributed by atoms with van der Waals surface area (Å²) in [5, 5.41) is 6.17. The van der Waals surface area contributed by atoms with Crippen molar-refractivity contribution in [2.45, 2.75) is 57.4 Å². The molecule has 142 valence electrons. The molecule has 1 unspecified atom stereocenters. The van der Waals surface area contributed by atoms with Crippen molar-refractivity contribution in [2.24, 2.45) is 4.99 Å². The SMILES string of the molecule is CN=C(NCC(=O)NC(C)C)N1CCCC2(CCCc3ccccc32)C1. The van der Waals surface area contributed by atoms with Crippen molar-refractivity contribution < 1.29 is 4.79 Å². The quantitative estimate of drug-likeness (QED) is 0.646. The number of likely N-dealkylation sites (tertiary alicyclic amines) is 1. The van der Waals surface area contributed by atoms with E-state index in [1.807, 2.05) is 13.8 Å². The lowest BCUT2D eigenvalue weighted by Crippen LogP contribution is -2.54. The number of carbonyl (C=O) groups is 1. The standard InChI is InChI=1S/C21H32N4O/c1-16(2)24-19(26)14-23-20(22-3)25-13-7-12-21(15-25)11-6-9-17-8-4-5-10-18(17)21/h4-5,8,10,16H,6-7,9,11-15H2,1-3H3,(H,22,23)(H,24,26). The van der Waals surface area contributed by atoms with E-state index < -0.39 is 0 Å². The van der Waals surface area contributed by atoms with Crippen molar-refractivity contribution in [3.05, 3.63) is 35.4 Å². The fourth-order valence-electron chi connectivity index (χ4n) is 4.61. The fraction of sp³-hybridized carbons (Fsp3) is 0.619. The number of hydrogen-bond acceptors (Lipinski definition) is 2. The summed E-state index contributed by atoms with van der Waals surface area (Å²) in [5.74, 6) is 0.849. The molecule has 1 aliphatic carbocycles. The molecule has 1 atom stereocenters. The third-order valence-corrected chi connectivity index (χ3v) is 5.64. The van der Waals surface area contributed by atoms with E-state index >= 15 is 0 Å². The van der Waals surface area contributed by atoms with Gasteiger partial charge in [-0.3, -0.25) is 9.79 Å². The second-order valence-electron chi connectivity index (χ2n) is 7.94. The molecule has 1 aromatic rings. The molecule has 5 heteroatoms. The number of nitrogens with zero attached hydrogens (tertiary/aromatic N) is 2. The Balaban J connectivity index is 1.71. The van der Waals surface area contributed by atoms with Gasteiger partial charge in [0.25, 0.3) is 0 Å². The van der Waals surface area contributed by atoms with Crippen LogP contribution in [0.1, 0.15) is 50.7 Å². The van der Waals surface area contributed by atoms with E-state index in [0.29, 0.717) is 0 Å². The van der Waals surface area contributed by atoms with Gasteiger partial charge >= 0.3 is 0 Å². The van der Waals surface area contributed by atoms with Crippen molar-refractivity contribution in [2.75, 3.05) is 26.7 Å². The Kier molecular flexibility index (Phi) is 5.84. The van der Waals surface area contributed by atoms with Crippen LogP contribution in [0, 0.1) is 0 Å². The molecular formula is C21H32N4O. The molecule has 1 aliphatic heterocycles. The number of aryl methyl sites for hydroxylation is 1. The smallest absolute Gasteiger partial charge is 0.239 e. The third kappa shape index (κ3) is 4.02. The molecule has 0 bridgehead atoms. The Morgan fingerprint density at radius 1 is 1.27 bits per heavy atom. The Bertz CT molecular complexity index is 670. The van der Waals surface area contributed by atoms with Crippen LogP contribution in [0.5, 0.6) is 0 Å². The van der Waals surface area contributed by atoms with Crippen LogP contribution >= 0.6 is 0 Å². The van der Waals surface area contributed by atoms with Crippen LogP contribution in [0.2, 0.25) is 0 Å². The van der Waals surface area contributed by atoms with Gasteiger partial charge in [-0.05, 0) is 57.1 Å². The van der Waals surface area contributed by atoms with E-state index in [4.69, 9.17) is 0 Å². The molecule has 3 rings (SSSR count). The summed E-state index contributed by atoms with van der Waals surface area (Å²) in [4.78, 5) is 18.8. The number of benzene rings is 1.